The van der Waals surface area contributed by atoms with Crippen molar-refractivity contribution in [3.8, 4) is 5.75 Å². The second-order valence-electron chi connectivity index (χ2n) is 8.67. The summed E-state index contributed by atoms with van der Waals surface area (Å²) in [6, 6.07) is 10.4. The molecule has 4 rings (SSSR count). The fourth-order valence-corrected chi connectivity index (χ4v) is 4.71. The Morgan fingerprint density at radius 3 is 2.90 bits per heavy atom. The van der Waals surface area contributed by atoms with Gasteiger partial charge in [-0.1, -0.05) is 36.6 Å². The smallest absolute Gasteiger partial charge is 0.290 e. The van der Waals surface area contributed by atoms with Crippen molar-refractivity contribution in [2.45, 2.75) is 63.3 Å². The van der Waals surface area contributed by atoms with E-state index in [2.05, 4.69) is 27.5 Å². The largest absolute Gasteiger partial charge is 0.497 e. The number of nitrogens with zero attached hydrogens (tertiary/aromatic N) is 2. The molecule has 30 heavy (non-hydrogen) atoms. The van der Waals surface area contributed by atoms with Gasteiger partial charge in [-0.15, -0.1) is 0 Å². The van der Waals surface area contributed by atoms with Gasteiger partial charge in [0.15, 0.2) is 0 Å². The van der Waals surface area contributed by atoms with Gasteiger partial charge in [0.2, 0.25) is 5.76 Å². The van der Waals surface area contributed by atoms with Gasteiger partial charge in [-0.05, 0) is 56.3 Å². The van der Waals surface area contributed by atoms with Gasteiger partial charge < -0.3 is 19.5 Å². The van der Waals surface area contributed by atoms with Crippen LogP contribution < -0.4 is 10.1 Å². The molecule has 162 valence electrons. The fraction of sp³-hybridized carbons (Fsp3) is 0.583. The predicted molar refractivity (Wildman–Crippen MR) is 116 cm³/mol. The summed E-state index contributed by atoms with van der Waals surface area (Å²) in [5.41, 5.74) is 2.20. The number of amides is 1. The molecular weight excluding hydrogens is 378 g/mol. The molecule has 1 aromatic carbocycles. The molecule has 1 aliphatic carbocycles. The number of rotatable bonds is 7. The number of hydrogen-bond donors (Lipinski definition) is 1. The van der Waals surface area contributed by atoms with Crippen LogP contribution in [0, 0.1) is 0 Å². The van der Waals surface area contributed by atoms with Crippen LogP contribution in [0.5, 0.6) is 5.75 Å². The first-order valence-electron chi connectivity index (χ1n) is 11.3. The average Bonchev–Trinajstić information content (AvgIpc) is 3.29. The van der Waals surface area contributed by atoms with Crippen molar-refractivity contribution in [2.24, 2.45) is 0 Å². The Labute approximate surface area is 179 Å². The number of methoxy groups -OCH3 is 1. The topological polar surface area (TPSA) is 67.6 Å². The van der Waals surface area contributed by atoms with Crippen LogP contribution in [0.2, 0.25) is 0 Å². The first kappa shape index (κ1) is 20.9. The molecule has 1 amide bonds. The lowest BCUT2D eigenvalue weighted by molar-refractivity contribution is 0.0890. The first-order valence-corrected chi connectivity index (χ1v) is 11.3. The molecule has 1 aromatic heterocycles. The first-order chi connectivity index (χ1) is 14.7. The standard InChI is InChI=1S/C24H33N3O3/c1-29-21-11-5-7-18(15-21)12-14-27-13-6-8-19(17-27)22-16-23(30-26-22)24(28)25-20-9-3-2-4-10-20/h5,7,11,15-16,19-20H,2-4,6,8-10,12-14,17H2,1H3,(H,25,28)/t19-/m1/s1. The molecule has 1 aliphatic heterocycles. The van der Waals surface area contributed by atoms with Crippen molar-refractivity contribution in [3.05, 3.63) is 47.3 Å². The average molecular weight is 412 g/mol. The van der Waals surface area contributed by atoms with E-state index in [0.29, 0.717) is 11.7 Å². The van der Waals surface area contributed by atoms with E-state index in [1.807, 2.05) is 18.2 Å². The van der Waals surface area contributed by atoms with Crippen molar-refractivity contribution in [1.82, 2.24) is 15.4 Å². The lowest BCUT2D eigenvalue weighted by atomic mass is 9.94. The minimum absolute atomic E-state index is 0.119. The van der Waals surface area contributed by atoms with Gasteiger partial charge >= 0.3 is 0 Å². The monoisotopic (exact) mass is 411 g/mol. The lowest BCUT2D eigenvalue weighted by Crippen LogP contribution is -2.36. The molecule has 1 saturated heterocycles. The number of likely N-dealkylation sites (tertiary alicyclic amines) is 1. The molecule has 2 aliphatic rings. The van der Waals surface area contributed by atoms with E-state index >= 15 is 0 Å². The lowest BCUT2D eigenvalue weighted by Gasteiger charge is -2.31. The molecule has 0 radical (unpaired) electrons. The minimum atomic E-state index is -0.119. The highest BCUT2D eigenvalue weighted by molar-refractivity contribution is 5.91. The van der Waals surface area contributed by atoms with Crippen LogP contribution in [0.4, 0.5) is 0 Å². The molecule has 1 saturated carbocycles. The molecule has 1 N–H and O–H groups in total. The van der Waals surface area contributed by atoms with Crippen LogP contribution in [0.1, 0.15) is 72.7 Å². The van der Waals surface area contributed by atoms with E-state index in [0.717, 1.165) is 63.2 Å². The Kier molecular flexibility index (Phi) is 7.05. The highest BCUT2D eigenvalue weighted by Gasteiger charge is 2.26. The molecule has 6 heteroatoms. The maximum Gasteiger partial charge on any atom is 0.290 e. The van der Waals surface area contributed by atoms with E-state index in [9.17, 15) is 4.79 Å². The Bertz CT molecular complexity index is 829. The third-order valence-electron chi connectivity index (χ3n) is 6.47. The second-order valence-corrected chi connectivity index (χ2v) is 8.67. The van der Waals surface area contributed by atoms with Crippen LogP contribution in [-0.2, 0) is 6.42 Å². The quantitative estimate of drug-likeness (QED) is 0.741. The summed E-state index contributed by atoms with van der Waals surface area (Å²) in [6.45, 7) is 3.07. The van der Waals surface area contributed by atoms with Gasteiger partial charge in [0.25, 0.3) is 5.91 Å². The van der Waals surface area contributed by atoms with Gasteiger partial charge in [0.05, 0.1) is 12.8 Å². The van der Waals surface area contributed by atoms with Crippen LogP contribution in [0.25, 0.3) is 0 Å². The summed E-state index contributed by atoms with van der Waals surface area (Å²) < 4.78 is 10.7. The number of nitrogens with one attached hydrogen (secondary N) is 1. The summed E-state index contributed by atoms with van der Waals surface area (Å²) in [5.74, 6) is 1.46. The molecule has 2 heterocycles. The highest BCUT2D eigenvalue weighted by Crippen LogP contribution is 2.27. The minimum Gasteiger partial charge on any atom is -0.497 e. The van der Waals surface area contributed by atoms with Gasteiger partial charge in [0, 0.05) is 31.1 Å². The number of aromatic nitrogens is 1. The molecular formula is C24H33N3O3. The van der Waals surface area contributed by atoms with E-state index < -0.39 is 0 Å². The number of benzene rings is 1. The Morgan fingerprint density at radius 1 is 1.20 bits per heavy atom. The summed E-state index contributed by atoms with van der Waals surface area (Å²) in [6.07, 6.45) is 9.02. The Balaban J connectivity index is 1.30. The SMILES string of the molecule is COc1cccc(CCN2CCC[C@@H](c3cc(C(=O)NC4CCCCC4)on3)C2)c1. The van der Waals surface area contributed by atoms with Gasteiger partial charge in [0.1, 0.15) is 5.75 Å². The summed E-state index contributed by atoms with van der Waals surface area (Å²) in [5, 5.41) is 7.37. The van der Waals surface area contributed by atoms with Crippen molar-refractivity contribution < 1.29 is 14.1 Å². The maximum atomic E-state index is 12.5. The zero-order valence-electron chi connectivity index (χ0n) is 17.9. The molecule has 2 fully saturated rings. The van der Waals surface area contributed by atoms with Crippen LogP contribution in [-0.4, -0.2) is 48.7 Å². The zero-order valence-corrected chi connectivity index (χ0v) is 17.9. The van der Waals surface area contributed by atoms with Crippen LogP contribution in [0.15, 0.2) is 34.9 Å². The molecule has 2 aromatic rings. The van der Waals surface area contributed by atoms with Crippen LogP contribution >= 0.6 is 0 Å². The van der Waals surface area contributed by atoms with Crippen LogP contribution in [0.3, 0.4) is 0 Å². The number of ether oxygens (including phenoxy) is 1. The number of carbonyl (C=O) groups is 1. The third kappa shape index (κ3) is 5.42. The summed E-state index contributed by atoms with van der Waals surface area (Å²) in [4.78, 5) is 15.0. The number of carbonyl (C=O) groups excluding carboxylic acids is 1. The number of piperidine rings is 1. The Morgan fingerprint density at radius 2 is 2.07 bits per heavy atom. The van der Waals surface area contributed by atoms with Gasteiger partial charge in [-0.25, -0.2) is 0 Å². The third-order valence-corrected chi connectivity index (χ3v) is 6.47. The highest BCUT2D eigenvalue weighted by atomic mass is 16.5. The summed E-state index contributed by atoms with van der Waals surface area (Å²) >= 11 is 0. The number of hydrogen-bond acceptors (Lipinski definition) is 5. The van der Waals surface area contributed by atoms with Crippen molar-refractivity contribution in [1.29, 1.82) is 0 Å². The maximum absolute atomic E-state index is 12.5. The fourth-order valence-electron chi connectivity index (χ4n) is 4.71. The normalized spacial score (nSPS) is 20.8. The molecule has 0 unspecified atom stereocenters. The van der Waals surface area contributed by atoms with Gasteiger partial charge in [-0.3, -0.25) is 4.79 Å². The molecule has 0 bridgehead atoms. The van der Waals surface area contributed by atoms with Crippen molar-refractivity contribution in [2.75, 3.05) is 26.7 Å². The van der Waals surface area contributed by atoms with E-state index in [1.54, 1.807) is 7.11 Å². The summed E-state index contributed by atoms with van der Waals surface area (Å²) in [7, 11) is 1.70. The zero-order chi connectivity index (χ0) is 20.8. The molecule has 0 spiro atoms. The Hall–Kier alpha value is -2.34. The van der Waals surface area contributed by atoms with Gasteiger partial charge in [-0.2, -0.15) is 0 Å². The van der Waals surface area contributed by atoms with E-state index in [-0.39, 0.29) is 11.9 Å². The predicted octanol–water partition coefficient (Wildman–Crippen LogP) is 4.17. The molecule has 1 atom stereocenters. The van der Waals surface area contributed by atoms with E-state index in [1.165, 1.54) is 24.8 Å². The molecule has 6 nitrogen and oxygen atoms in total. The van der Waals surface area contributed by atoms with Crippen molar-refractivity contribution in [3.63, 3.8) is 0 Å². The second kappa shape index (κ2) is 10.1. The van der Waals surface area contributed by atoms with E-state index in [4.69, 9.17) is 9.26 Å². The van der Waals surface area contributed by atoms with Crippen molar-refractivity contribution >= 4 is 5.91 Å².